The molecule has 0 radical (unpaired) electrons. The summed E-state index contributed by atoms with van der Waals surface area (Å²) in [6.45, 7) is 18.5. The smallest absolute Gasteiger partial charge is 0.192 e. The summed E-state index contributed by atoms with van der Waals surface area (Å²) >= 11 is 0. The van der Waals surface area contributed by atoms with Crippen molar-refractivity contribution in [1.29, 1.82) is 0 Å². The maximum atomic E-state index is 6.94. The van der Waals surface area contributed by atoms with Crippen LogP contribution < -0.4 is 5.73 Å². The van der Waals surface area contributed by atoms with Gasteiger partial charge in [0.25, 0.3) is 0 Å². The van der Waals surface area contributed by atoms with Gasteiger partial charge in [0.15, 0.2) is 8.32 Å². The number of rotatable bonds is 6. The van der Waals surface area contributed by atoms with Crippen LogP contribution in [0.15, 0.2) is 18.2 Å². The third kappa shape index (κ3) is 6.35. The van der Waals surface area contributed by atoms with Crippen LogP contribution in [0.25, 0.3) is 0 Å². The minimum Gasteiger partial charge on any atom is -0.414 e. The molecule has 1 aromatic carbocycles. The van der Waals surface area contributed by atoms with Crippen molar-refractivity contribution in [1.82, 2.24) is 0 Å². The van der Waals surface area contributed by atoms with Crippen LogP contribution >= 0.6 is 0 Å². The number of hydrogen-bond donors (Lipinski definition) is 1. The Morgan fingerprint density at radius 3 is 2.14 bits per heavy atom. The van der Waals surface area contributed by atoms with E-state index in [2.05, 4.69) is 72.8 Å². The van der Waals surface area contributed by atoms with E-state index in [-0.39, 0.29) is 10.5 Å². The van der Waals surface area contributed by atoms with Crippen molar-refractivity contribution in [2.24, 2.45) is 5.92 Å². The molecule has 28 heavy (non-hydrogen) atoms. The molecule has 2 rings (SSSR count). The molecule has 0 amide bonds. The summed E-state index contributed by atoms with van der Waals surface area (Å²) in [6, 6.07) is 6.71. The quantitative estimate of drug-likeness (QED) is 0.395. The van der Waals surface area contributed by atoms with Gasteiger partial charge in [0.05, 0.1) is 0 Å². The molecule has 0 aromatic heterocycles. The van der Waals surface area contributed by atoms with Gasteiger partial charge >= 0.3 is 0 Å². The van der Waals surface area contributed by atoms with Gasteiger partial charge in [-0.05, 0) is 59.5 Å². The molecule has 1 aliphatic rings. The fourth-order valence-corrected chi connectivity index (χ4v) is 5.61. The van der Waals surface area contributed by atoms with Crippen LogP contribution in [0, 0.1) is 5.92 Å². The van der Waals surface area contributed by atoms with E-state index in [1.54, 1.807) is 0 Å². The van der Waals surface area contributed by atoms with Crippen molar-refractivity contribution in [3.8, 4) is 0 Å². The number of hydrogen-bond acceptors (Lipinski definition) is 2. The van der Waals surface area contributed by atoms with Crippen LogP contribution in [0.4, 0.5) is 5.69 Å². The fourth-order valence-electron chi connectivity index (χ4n) is 4.25. The molecular formula is C25H45NOSi. The molecule has 1 aromatic rings. The van der Waals surface area contributed by atoms with Gasteiger partial charge in [0, 0.05) is 11.8 Å². The zero-order valence-corrected chi connectivity index (χ0v) is 20.8. The van der Waals surface area contributed by atoms with Crippen LogP contribution in [-0.2, 0) is 16.3 Å². The molecule has 160 valence electrons. The minimum absolute atomic E-state index is 0.0851. The Labute approximate surface area is 175 Å². The predicted octanol–water partition coefficient (Wildman–Crippen LogP) is 7.47. The number of nitrogens with two attached hydrogens (primary N) is 1. The fraction of sp³-hybridized carbons (Fsp3) is 0.760. The molecule has 1 atom stereocenters. The second-order valence-electron chi connectivity index (χ2n) is 11.6. The maximum absolute atomic E-state index is 6.94. The predicted molar refractivity (Wildman–Crippen MR) is 127 cm³/mol. The van der Waals surface area contributed by atoms with Crippen molar-refractivity contribution in [3.63, 3.8) is 0 Å². The second kappa shape index (κ2) is 8.91. The van der Waals surface area contributed by atoms with Crippen molar-refractivity contribution in [3.05, 3.63) is 29.3 Å². The standard InChI is InChI=1S/C25H45NOSi/c1-24(2,3)22-15-14-20(18-23(22)26)17-21(16-19-12-10-9-11-13-19)27-28(7,8)25(4,5)6/h14-15,18-19,21H,9-13,16-17,26H2,1-8H3. The maximum Gasteiger partial charge on any atom is 0.192 e. The first-order chi connectivity index (χ1) is 12.8. The van der Waals surface area contributed by atoms with Gasteiger partial charge in [0.2, 0.25) is 0 Å². The van der Waals surface area contributed by atoms with Crippen LogP contribution in [-0.4, -0.2) is 14.4 Å². The largest absolute Gasteiger partial charge is 0.414 e. The zero-order valence-electron chi connectivity index (χ0n) is 19.8. The van der Waals surface area contributed by atoms with Crippen molar-refractivity contribution < 1.29 is 4.43 Å². The van der Waals surface area contributed by atoms with Crippen molar-refractivity contribution in [2.75, 3.05) is 5.73 Å². The van der Waals surface area contributed by atoms with E-state index in [1.807, 2.05) is 0 Å². The topological polar surface area (TPSA) is 35.2 Å². The van der Waals surface area contributed by atoms with Gasteiger partial charge in [-0.15, -0.1) is 0 Å². The Morgan fingerprint density at radius 1 is 1.04 bits per heavy atom. The average Bonchev–Trinajstić information content (AvgIpc) is 2.53. The second-order valence-corrected chi connectivity index (χ2v) is 16.4. The number of benzene rings is 1. The summed E-state index contributed by atoms with van der Waals surface area (Å²) in [6.07, 6.45) is 9.45. The van der Waals surface area contributed by atoms with Crippen LogP contribution in [0.1, 0.15) is 91.2 Å². The Morgan fingerprint density at radius 2 is 1.64 bits per heavy atom. The normalized spacial score (nSPS) is 18.3. The van der Waals surface area contributed by atoms with Gasteiger partial charge in [0.1, 0.15) is 0 Å². The lowest BCUT2D eigenvalue weighted by atomic mass is 9.83. The zero-order chi connectivity index (χ0) is 21.2. The van der Waals surface area contributed by atoms with Crippen LogP contribution in [0.2, 0.25) is 18.1 Å². The lowest BCUT2D eigenvalue weighted by Gasteiger charge is -2.40. The van der Waals surface area contributed by atoms with E-state index in [1.165, 1.54) is 49.7 Å². The van der Waals surface area contributed by atoms with E-state index < -0.39 is 8.32 Å². The molecule has 2 nitrogen and oxygen atoms in total. The molecule has 0 bridgehead atoms. The molecule has 0 spiro atoms. The number of anilines is 1. The third-order valence-electron chi connectivity index (χ3n) is 6.98. The van der Waals surface area contributed by atoms with E-state index in [4.69, 9.17) is 10.2 Å². The lowest BCUT2D eigenvalue weighted by molar-refractivity contribution is 0.137. The summed E-state index contributed by atoms with van der Waals surface area (Å²) in [4.78, 5) is 0. The van der Waals surface area contributed by atoms with E-state index in [0.717, 1.165) is 18.0 Å². The van der Waals surface area contributed by atoms with Gasteiger partial charge in [-0.1, -0.05) is 85.8 Å². The van der Waals surface area contributed by atoms with Gasteiger partial charge in [-0.3, -0.25) is 0 Å². The molecule has 2 N–H and O–H groups in total. The average molecular weight is 404 g/mol. The summed E-state index contributed by atoms with van der Waals surface area (Å²) < 4.78 is 6.94. The molecule has 3 heteroatoms. The molecule has 0 saturated heterocycles. The minimum atomic E-state index is -1.79. The molecule has 0 heterocycles. The van der Waals surface area contributed by atoms with E-state index in [9.17, 15) is 0 Å². The lowest BCUT2D eigenvalue weighted by Crippen LogP contribution is -2.45. The Hall–Kier alpha value is -0.803. The Balaban J connectivity index is 2.19. The summed E-state index contributed by atoms with van der Waals surface area (Å²) in [5.41, 5.74) is 10.0. The van der Waals surface area contributed by atoms with Crippen molar-refractivity contribution >= 4 is 14.0 Å². The van der Waals surface area contributed by atoms with Gasteiger partial charge in [-0.2, -0.15) is 0 Å². The first-order valence-electron chi connectivity index (χ1n) is 11.4. The highest BCUT2D eigenvalue weighted by Gasteiger charge is 2.39. The van der Waals surface area contributed by atoms with Crippen LogP contribution in [0.5, 0.6) is 0 Å². The molecule has 0 aliphatic heterocycles. The highest BCUT2D eigenvalue weighted by atomic mass is 28.4. The highest BCUT2D eigenvalue weighted by Crippen LogP contribution is 2.39. The summed E-state index contributed by atoms with van der Waals surface area (Å²) in [5.74, 6) is 0.828. The molecule has 1 fully saturated rings. The van der Waals surface area contributed by atoms with Gasteiger partial charge in [-0.25, -0.2) is 0 Å². The number of nitrogen functional groups attached to an aromatic ring is 1. The van der Waals surface area contributed by atoms with Gasteiger partial charge < -0.3 is 10.2 Å². The summed E-state index contributed by atoms with van der Waals surface area (Å²) in [5, 5.41) is 0.243. The molecule has 1 unspecified atom stereocenters. The monoisotopic (exact) mass is 403 g/mol. The first-order valence-corrected chi connectivity index (χ1v) is 14.3. The third-order valence-corrected chi connectivity index (χ3v) is 11.5. The van der Waals surface area contributed by atoms with Crippen molar-refractivity contribution in [2.45, 2.75) is 116 Å². The molecular weight excluding hydrogens is 358 g/mol. The molecule has 1 saturated carbocycles. The van der Waals surface area contributed by atoms with Crippen LogP contribution in [0.3, 0.4) is 0 Å². The summed E-state index contributed by atoms with van der Waals surface area (Å²) in [7, 11) is -1.79. The SMILES string of the molecule is CC(C)(C)c1ccc(CC(CC2CCCCC2)O[Si](C)(C)C(C)(C)C)cc1N. The highest BCUT2D eigenvalue weighted by molar-refractivity contribution is 6.74. The Kier molecular flexibility index (Phi) is 7.47. The van der Waals surface area contributed by atoms with E-state index >= 15 is 0 Å². The van der Waals surface area contributed by atoms with E-state index in [0.29, 0.717) is 6.10 Å². The first kappa shape index (κ1) is 23.5. The molecule has 1 aliphatic carbocycles. The Bertz CT molecular complexity index is 633.